The van der Waals surface area contributed by atoms with E-state index in [1.807, 2.05) is 0 Å². The molecule has 5 nitrogen and oxygen atoms in total. The summed E-state index contributed by atoms with van der Waals surface area (Å²) in [6, 6.07) is 3.47. The van der Waals surface area contributed by atoms with Crippen LogP contribution in [-0.2, 0) is 9.53 Å². The smallest absolute Gasteiger partial charge is 0.433 e. The molecule has 1 unspecified atom stereocenters. The second-order valence-electron chi connectivity index (χ2n) is 5.29. The van der Waals surface area contributed by atoms with Crippen molar-refractivity contribution in [1.29, 1.82) is 0 Å². The molecule has 2 atom stereocenters. The summed E-state index contributed by atoms with van der Waals surface area (Å²) in [6.07, 6.45) is 3.03. The zero-order valence-corrected chi connectivity index (χ0v) is 11.6. The fourth-order valence-corrected chi connectivity index (χ4v) is 1.46. The van der Waals surface area contributed by atoms with Crippen molar-refractivity contribution in [3.8, 4) is 0 Å². The maximum absolute atomic E-state index is 11.5. The number of hydrogen-bond donors (Lipinski definition) is 0. The third-order valence-electron chi connectivity index (χ3n) is 2.39. The van der Waals surface area contributed by atoms with Crippen LogP contribution >= 0.6 is 0 Å². The molecule has 0 fully saturated rings. The van der Waals surface area contributed by atoms with Crippen LogP contribution in [0.2, 0.25) is 0 Å². The largest absolute Gasteiger partial charge is 0.469 e. The third kappa shape index (κ3) is 5.07. The lowest BCUT2D eigenvalue weighted by molar-refractivity contribution is -0.110. The minimum atomic E-state index is -0.679. The molecule has 0 saturated carbocycles. The van der Waals surface area contributed by atoms with E-state index < -0.39 is 11.7 Å². The van der Waals surface area contributed by atoms with Crippen molar-refractivity contribution in [2.45, 2.75) is 39.2 Å². The van der Waals surface area contributed by atoms with E-state index in [2.05, 4.69) is 4.99 Å². The standard InChI is InChI=1S/C14H19NO4/c1-10(9-16)11(12-6-5-7-18-12)8-15-13(17)19-14(2,3)4/h5-11H,1-4H3/t10-,11?/m0/s1. The molecule has 1 heterocycles. The van der Waals surface area contributed by atoms with Gasteiger partial charge in [0.05, 0.1) is 12.2 Å². The molecule has 0 aliphatic carbocycles. The monoisotopic (exact) mass is 265 g/mol. The first kappa shape index (κ1) is 15.1. The molecule has 0 aromatic carbocycles. The fourth-order valence-electron chi connectivity index (χ4n) is 1.46. The SMILES string of the molecule is C[C@@H](C=O)C(C=NC(=O)OC(C)(C)C)c1ccco1. The Morgan fingerprint density at radius 1 is 1.47 bits per heavy atom. The number of rotatable bonds is 4. The molecule has 0 spiro atoms. The average Bonchev–Trinajstić information content (AvgIpc) is 2.80. The maximum Gasteiger partial charge on any atom is 0.433 e. The summed E-state index contributed by atoms with van der Waals surface area (Å²) in [6.45, 7) is 7.02. The summed E-state index contributed by atoms with van der Waals surface area (Å²) >= 11 is 0. The van der Waals surface area contributed by atoms with Gasteiger partial charge in [0.25, 0.3) is 0 Å². The molecule has 1 aromatic rings. The van der Waals surface area contributed by atoms with Gasteiger partial charge < -0.3 is 13.9 Å². The number of hydrogen-bond acceptors (Lipinski definition) is 4. The average molecular weight is 265 g/mol. The van der Waals surface area contributed by atoms with Gasteiger partial charge in [-0.15, -0.1) is 0 Å². The molecular formula is C14H19NO4. The minimum absolute atomic E-state index is 0.336. The van der Waals surface area contributed by atoms with Crippen LogP contribution in [0.25, 0.3) is 0 Å². The first-order chi connectivity index (χ1) is 8.83. The van der Waals surface area contributed by atoms with Gasteiger partial charge in [0.1, 0.15) is 17.6 Å². The summed E-state index contributed by atoms with van der Waals surface area (Å²) < 4.78 is 10.3. The van der Waals surface area contributed by atoms with Crippen LogP contribution in [0.15, 0.2) is 27.8 Å². The third-order valence-corrected chi connectivity index (χ3v) is 2.39. The van der Waals surface area contributed by atoms with Crippen LogP contribution in [-0.4, -0.2) is 24.2 Å². The van der Waals surface area contributed by atoms with Crippen LogP contribution in [0.3, 0.4) is 0 Å². The van der Waals surface area contributed by atoms with Gasteiger partial charge in [-0.1, -0.05) is 6.92 Å². The number of ether oxygens (including phenoxy) is 1. The zero-order valence-electron chi connectivity index (χ0n) is 11.6. The number of furan rings is 1. The van der Waals surface area contributed by atoms with Crippen molar-refractivity contribution in [2.75, 3.05) is 0 Å². The summed E-state index contributed by atoms with van der Waals surface area (Å²) in [5.74, 6) is -0.121. The number of aliphatic imine (C=N–C) groups is 1. The Morgan fingerprint density at radius 2 is 2.16 bits per heavy atom. The molecular weight excluding hydrogens is 246 g/mol. The predicted octanol–water partition coefficient (Wildman–Crippen LogP) is 3.20. The molecule has 1 rings (SSSR count). The zero-order chi connectivity index (χ0) is 14.5. The van der Waals surface area contributed by atoms with E-state index in [-0.39, 0.29) is 11.8 Å². The molecule has 1 amide bonds. The van der Waals surface area contributed by atoms with Crippen molar-refractivity contribution in [3.63, 3.8) is 0 Å². The lowest BCUT2D eigenvalue weighted by Gasteiger charge is -2.17. The highest BCUT2D eigenvalue weighted by Crippen LogP contribution is 2.22. The molecule has 0 radical (unpaired) electrons. The van der Waals surface area contributed by atoms with Gasteiger partial charge in [-0.2, -0.15) is 4.99 Å². The van der Waals surface area contributed by atoms with Gasteiger partial charge in [0.15, 0.2) is 0 Å². The van der Waals surface area contributed by atoms with Gasteiger partial charge in [-0.05, 0) is 32.9 Å². The summed E-state index contributed by atoms with van der Waals surface area (Å²) in [5.41, 5.74) is -0.592. The van der Waals surface area contributed by atoms with Crippen molar-refractivity contribution in [3.05, 3.63) is 24.2 Å². The lowest BCUT2D eigenvalue weighted by atomic mass is 9.94. The normalized spacial score (nSPS) is 15.2. The van der Waals surface area contributed by atoms with E-state index in [1.54, 1.807) is 39.8 Å². The van der Waals surface area contributed by atoms with Crippen molar-refractivity contribution in [2.24, 2.45) is 10.9 Å². The van der Waals surface area contributed by atoms with Crippen molar-refractivity contribution < 1.29 is 18.7 Å². The highest BCUT2D eigenvalue weighted by Gasteiger charge is 2.21. The quantitative estimate of drug-likeness (QED) is 0.619. The molecule has 5 heteroatoms. The first-order valence-electron chi connectivity index (χ1n) is 6.09. The molecule has 104 valence electrons. The molecule has 0 saturated heterocycles. The van der Waals surface area contributed by atoms with E-state index in [9.17, 15) is 9.59 Å². The van der Waals surface area contributed by atoms with Crippen LogP contribution in [0.4, 0.5) is 4.79 Å². The van der Waals surface area contributed by atoms with Gasteiger partial charge in [-0.25, -0.2) is 4.79 Å². The van der Waals surface area contributed by atoms with E-state index in [1.165, 1.54) is 12.5 Å². The van der Waals surface area contributed by atoms with E-state index in [0.717, 1.165) is 6.29 Å². The van der Waals surface area contributed by atoms with Gasteiger partial charge in [-0.3, -0.25) is 0 Å². The fraction of sp³-hybridized carbons (Fsp3) is 0.500. The van der Waals surface area contributed by atoms with E-state index >= 15 is 0 Å². The van der Waals surface area contributed by atoms with Crippen LogP contribution in [0.5, 0.6) is 0 Å². The number of carbonyl (C=O) groups excluding carboxylic acids is 2. The summed E-state index contributed by atoms with van der Waals surface area (Å²) in [4.78, 5) is 26.1. The maximum atomic E-state index is 11.5. The van der Waals surface area contributed by atoms with Crippen LogP contribution in [0, 0.1) is 5.92 Å². The number of carbonyl (C=O) groups is 2. The van der Waals surface area contributed by atoms with Gasteiger partial charge in [0.2, 0.25) is 0 Å². The van der Waals surface area contributed by atoms with Crippen LogP contribution < -0.4 is 0 Å². The Kier molecular flexibility index (Phi) is 5.03. The Morgan fingerprint density at radius 3 is 2.63 bits per heavy atom. The van der Waals surface area contributed by atoms with Crippen molar-refractivity contribution in [1.82, 2.24) is 0 Å². The topological polar surface area (TPSA) is 68.9 Å². The van der Waals surface area contributed by atoms with E-state index in [0.29, 0.717) is 5.76 Å². The molecule has 0 bridgehead atoms. The lowest BCUT2D eigenvalue weighted by Crippen LogP contribution is -2.22. The molecule has 1 aromatic heterocycles. The highest BCUT2D eigenvalue weighted by atomic mass is 16.6. The molecule has 0 aliphatic heterocycles. The van der Waals surface area contributed by atoms with Gasteiger partial charge in [0, 0.05) is 12.1 Å². The second kappa shape index (κ2) is 6.31. The predicted molar refractivity (Wildman–Crippen MR) is 71.4 cm³/mol. The summed E-state index contributed by atoms with van der Waals surface area (Å²) in [7, 11) is 0. The summed E-state index contributed by atoms with van der Waals surface area (Å²) in [5, 5.41) is 0. The molecule has 0 N–H and O–H groups in total. The van der Waals surface area contributed by atoms with Crippen molar-refractivity contribution >= 4 is 18.6 Å². The Labute approximate surface area is 112 Å². The molecule has 19 heavy (non-hydrogen) atoms. The highest BCUT2D eigenvalue weighted by molar-refractivity contribution is 5.84. The Balaban J connectivity index is 2.79. The Bertz CT molecular complexity index is 443. The number of amides is 1. The Hall–Kier alpha value is -1.91. The minimum Gasteiger partial charge on any atom is -0.469 e. The number of aldehydes is 1. The second-order valence-corrected chi connectivity index (χ2v) is 5.29. The molecule has 0 aliphatic rings. The number of nitrogens with zero attached hydrogens (tertiary/aromatic N) is 1. The first-order valence-corrected chi connectivity index (χ1v) is 6.09. The van der Waals surface area contributed by atoms with Crippen LogP contribution in [0.1, 0.15) is 39.4 Å². The van der Waals surface area contributed by atoms with E-state index in [4.69, 9.17) is 9.15 Å². The van der Waals surface area contributed by atoms with Gasteiger partial charge >= 0.3 is 6.09 Å².